The lowest BCUT2D eigenvalue weighted by atomic mass is 10.2. The average Bonchev–Trinajstić information content (AvgIpc) is 2.18. The van der Waals surface area contributed by atoms with E-state index in [0.29, 0.717) is 12.3 Å². The molecule has 0 aliphatic rings. The molecule has 1 heterocycles. The third-order valence-corrected chi connectivity index (χ3v) is 1.76. The fourth-order valence-electron chi connectivity index (χ4n) is 1.14. The zero-order valence-electron chi connectivity index (χ0n) is 8.32. The Kier molecular flexibility index (Phi) is 3.69. The number of allylic oxidation sites excluding steroid dienone is 1. The van der Waals surface area contributed by atoms with Gasteiger partial charge in [-0.05, 0) is 18.6 Å². The Hall–Kier alpha value is -1.82. The number of ether oxygens (including phenoxy) is 1. The molecule has 3 nitrogen and oxygen atoms in total. The number of hydrogen-bond acceptors (Lipinski definition) is 3. The van der Waals surface area contributed by atoms with Crippen molar-refractivity contribution in [1.29, 1.82) is 5.26 Å². The van der Waals surface area contributed by atoms with Crippen molar-refractivity contribution in [2.75, 3.05) is 7.11 Å². The molecule has 1 rings (SSSR count). The maximum Gasteiger partial charge on any atom is 0.215 e. The molecule has 0 N–H and O–H groups in total. The molecular weight excluding hydrogens is 176 g/mol. The quantitative estimate of drug-likeness (QED) is 0.731. The van der Waals surface area contributed by atoms with Gasteiger partial charge >= 0.3 is 0 Å². The normalized spacial score (nSPS) is 10.1. The summed E-state index contributed by atoms with van der Waals surface area (Å²) in [6, 6.07) is 4.02. The van der Waals surface area contributed by atoms with Gasteiger partial charge in [-0.2, -0.15) is 5.26 Å². The zero-order chi connectivity index (χ0) is 10.4. The first-order valence-electron chi connectivity index (χ1n) is 4.32. The number of methoxy groups -OCH3 is 1. The molecular formula is C11H12N2O. The predicted octanol–water partition coefficient (Wildman–Crippen LogP) is 2.33. The molecule has 0 saturated heterocycles. The SMILES string of the molecule is COc1ncc(C=CCC#N)cc1C. The molecule has 0 aromatic carbocycles. The lowest BCUT2D eigenvalue weighted by Crippen LogP contribution is -1.91. The van der Waals surface area contributed by atoms with E-state index in [1.165, 1.54) is 0 Å². The molecule has 0 unspecified atom stereocenters. The van der Waals surface area contributed by atoms with Crippen LogP contribution in [0.1, 0.15) is 17.5 Å². The fraction of sp³-hybridized carbons (Fsp3) is 0.273. The summed E-state index contributed by atoms with van der Waals surface area (Å²) in [5.41, 5.74) is 1.98. The van der Waals surface area contributed by atoms with E-state index in [1.54, 1.807) is 13.3 Å². The molecule has 0 fully saturated rings. The largest absolute Gasteiger partial charge is 0.481 e. The summed E-state index contributed by atoms with van der Waals surface area (Å²) >= 11 is 0. The Balaban J connectivity index is 2.82. The van der Waals surface area contributed by atoms with Crippen molar-refractivity contribution in [1.82, 2.24) is 4.98 Å². The topological polar surface area (TPSA) is 45.9 Å². The van der Waals surface area contributed by atoms with Gasteiger partial charge in [0.15, 0.2) is 0 Å². The van der Waals surface area contributed by atoms with Crippen molar-refractivity contribution >= 4 is 6.08 Å². The Morgan fingerprint density at radius 3 is 3.00 bits per heavy atom. The van der Waals surface area contributed by atoms with Crippen LogP contribution in [0.4, 0.5) is 0 Å². The van der Waals surface area contributed by atoms with Crippen molar-refractivity contribution < 1.29 is 4.74 Å². The highest BCUT2D eigenvalue weighted by atomic mass is 16.5. The number of nitriles is 1. The minimum Gasteiger partial charge on any atom is -0.481 e. The summed E-state index contributed by atoms with van der Waals surface area (Å²) in [7, 11) is 1.60. The van der Waals surface area contributed by atoms with Crippen molar-refractivity contribution in [3.63, 3.8) is 0 Å². The number of nitrogens with zero attached hydrogens (tertiary/aromatic N) is 2. The molecule has 0 radical (unpaired) electrons. The molecule has 1 aromatic heterocycles. The van der Waals surface area contributed by atoms with Gasteiger partial charge in [0.05, 0.1) is 19.6 Å². The molecule has 0 bridgehead atoms. The minimum atomic E-state index is 0.422. The zero-order valence-corrected chi connectivity index (χ0v) is 8.32. The van der Waals surface area contributed by atoms with Crippen LogP contribution in [0.3, 0.4) is 0 Å². The van der Waals surface area contributed by atoms with Gasteiger partial charge in [0.25, 0.3) is 0 Å². The van der Waals surface area contributed by atoms with Crippen LogP contribution in [0.15, 0.2) is 18.3 Å². The Bertz CT molecular complexity index is 377. The van der Waals surface area contributed by atoms with E-state index in [9.17, 15) is 0 Å². The van der Waals surface area contributed by atoms with Crippen LogP contribution >= 0.6 is 0 Å². The van der Waals surface area contributed by atoms with E-state index in [0.717, 1.165) is 11.1 Å². The lowest BCUT2D eigenvalue weighted by Gasteiger charge is -2.02. The summed E-state index contributed by atoms with van der Waals surface area (Å²) in [6.07, 6.45) is 5.83. The molecule has 3 heteroatoms. The van der Waals surface area contributed by atoms with Gasteiger partial charge in [0, 0.05) is 11.8 Å². The minimum absolute atomic E-state index is 0.422. The second kappa shape index (κ2) is 5.03. The van der Waals surface area contributed by atoms with Crippen molar-refractivity contribution in [3.05, 3.63) is 29.5 Å². The Morgan fingerprint density at radius 2 is 2.43 bits per heavy atom. The summed E-state index contributed by atoms with van der Waals surface area (Å²) < 4.78 is 5.04. The van der Waals surface area contributed by atoms with E-state index >= 15 is 0 Å². The van der Waals surface area contributed by atoms with Gasteiger partial charge < -0.3 is 4.74 Å². The van der Waals surface area contributed by atoms with Crippen LogP contribution in [0.25, 0.3) is 6.08 Å². The predicted molar refractivity (Wildman–Crippen MR) is 54.8 cm³/mol. The standard InChI is InChI=1S/C11H12N2O/c1-9-7-10(5-3-4-6-12)8-13-11(9)14-2/h3,5,7-8H,4H2,1-2H3. The second-order valence-electron chi connectivity index (χ2n) is 2.86. The molecule has 0 amide bonds. The summed E-state index contributed by atoms with van der Waals surface area (Å²) in [4.78, 5) is 4.12. The molecule has 72 valence electrons. The summed E-state index contributed by atoms with van der Waals surface area (Å²) in [5.74, 6) is 0.641. The summed E-state index contributed by atoms with van der Waals surface area (Å²) in [5, 5.41) is 8.34. The highest BCUT2D eigenvalue weighted by Gasteiger charge is 1.98. The molecule has 0 saturated carbocycles. The molecule has 14 heavy (non-hydrogen) atoms. The van der Waals surface area contributed by atoms with Gasteiger partial charge in [-0.3, -0.25) is 0 Å². The fourth-order valence-corrected chi connectivity index (χ4v) is 1.14. The van der Waals surface area contributed by atoms with Crippen LogP contribution in [-0.4, -0.2) is 12.1 Å². The molecule has 0 aliphatic heterocycles. The van der Waals surface area contributed by atoms with Crippen LogP contribution in [0.2, 0.25) is 0 Å². The number of aryl methyl sites for hydroxylation is 1. The van der Waals surface area contributed by atoms with Gasteiger partial charge in [0.1, 0.15) is 0 Å². The van der Waals surface area contributed by atoms with Crippen molar-refractivity contribution in [2.45, 2.75) is 13.3 Å². The summed E-state index contributed by atoms with van der Waals surface area (Å²) in [6.45, 7) is 1.94. The second-order valence-corrected chi connectivity index (χ2v) is 2.86. The third kappa shape index (κ3) is 2.60. The van der Waals surface area contributed by atoms with Crippen LogP contribution in [0.5, 0.6) is 5.88 Å². The first kappa shape index (κ1) is 10.3. The van der Waals surface area contributed by atoms with Gasteiger partial charge in [-0.25, -0.2) is 4.98 Å². The maximum absolute atomic E-state index is 8.34. The third-order valence-electron chi connectivity index (χ3n) is 1.76. The molecule has 0 aliphatic carbocycles. The molecule has 1 aromatic rings. The Labute approximate surface area is 83.7 Å². The highest BCUT2D eigenvalue weighted by molar-refractivity contribution is 5.50. The monoisotopic (exact) mass is 188 g/mol. The van der Waals surface area contributed by atoms with Crippen LogP contribution in [0, 0.1) is 18.3 Å². The average molecular weight is 188 g/mol. The maximum atomic E-state index is 8.34. The van der Waals surface area contributed by atoms with E-state index in [1.807, 2.05) is 31.2 Å². The lowest BCUT2D eigenvalue weighted by molar-refractivity contribution is 0.394. The van der Waals surface area contributed by atoms with Gasteiger partial charge in [-0.15, -0.1) is 0 Å². The van der Waals surface area contributed by atoms with Gasteiger partial charge in [-0.1, -0.05) is 12.2 Å². The van der Waals surface area contributed by atoms with Crippen LogP contribution in [-0.2, 0) is 0 Å². The van der Waals surface area contributed by atoms with E-state index in [-0.39, 0.29) is 0 Å². The molecule has 0 atom stereocenters. The number of pyridine rings is 1. The molecule has 0 spiro atoms. The van der Waals surface area contributed by atoms with Crippen molar-refractivity contribution in [3.8, 4) is 11.9 Å². The highest BCUT2D eigenvalue weighted by Crippen LogP contribution is 2.15. The number of rotatable bonds is 3. The first-order valence-corrected chi connectivity index (χ1v) is 4.32. The van der Waals surface area contributed by atoms with E-state index < -0.39 is 0 Å². The van der Waals surface area contributed by atoms with Crippen LogP contribution < -0.4 is 4.74 Å². The number of aromatic nitrogens is 1. The van der Waals surface area contributed by atoms with Crippen molar-refractivity contribution in [2.24, 2.45) is 0 Å². The smallest absolute Gasteiger partial charge is 0.215 e. The van der Waals surface area contributed by atoms with E-state index in [2.05, 4.69) is 4.98 Å². The van der Waals surface area contributed by atoms with Gasteiger partial charge in [0.2, 0.25) is 5.88 Å². The van der Waals surface area contributed by atoms with E-state index in [4.69, 9.17) is 10.00 Å². The first-order chi connectivity index (χ1) is 6.77. The Morgan fingerprint density at radius 1 is 1.64 bits per heavy atom. The number of hydrogen-bond donors (Lipinski definition) is 0.